The van der Waals surface area contributed by atoms with Gasteiger partial charge in [0.2, 0.25) is 5.91 Å². The maximum Gasteiger partial charge on any atom is 0.220 e. The Kier molecular flexibility index (Phi) is 5.07. The summed E-state index contributed by atoms with van der Waals surface area (Å²) in [5.41, 5.74) is 4.37. The molecule has 0 saturated heterocycles. The van der Waals surface area contributed by atoms with Gasteiger partial charge in [0.15, 0.2) is 5.16 Å². The summed E-state index contributed by atoms with van der Waals surface area (Å²) in [6.07, 6.45) is 1.26. The van der Waals surface area contributed by atoms with Crippen LogP contribution in [0.3, 0.4) is 0 Å². The maximum atomic E-state index is 12.3. The number of amides is 1. The summed E-state index contributed by atoms with van der Waals surface area (Å²) in [7, 11) is 0. The molecular weight excluding hydrogens is 342 g/mol. The van der Waals surface area contributed by atoms with Crippen molar-refractivity contribution in [3.63, 3.8) is 0 Å². The fourth-order valence-corrected chi connectivity index (χ4v) is 4.18. The molecule has 3 aromatic rings. The van der Waals surface area contributed by atoms with Gasteiger partial charge < -0.3 is 9.88 Å². The number of hydrogen-bond donors (Lipinski definition) is 1. The van der Waals surface area contributed by atoms with Crippen LogP contribution in [0.4, 0.5) is 0 Å². The molecule has 4 rings (SSSR count). The number of aryl methyl sites for hydroxylation is 1. The Labute approximate surface area is 157 Å². The van der Waals surface area contributed by atoms with Crippen LogP contribution in [0.25, 0.3) is 11.3 Å². The molecule has 0 atom stereocenters. The highest BCUT2D eigenvalue weighted by molar-refractivity contribution is 7.99. The molecule has 2 aromatic carbocycles. The van der Waals surface area contributed by atoms with E-state index in [1.165, 1.54) is 5.56 Å². The van der Waals surface area contributed by atoms with Crippen molar-refractivity contribution in [2.24, 2.45) is 0 Å². The lowest BCUT2D eigenvalue weighted by Crippen LogP contribution is -2.24. The Morgan fingerprint density at radius 2 is 1.81 bits per heavy atom. The lowest BCUT2D eigenvalue weighted by atomic mass is 10.1. The summed E-state index contributed by atoms with van der Waals surface area (Å²) in [4.78, 5) is 17.1. The van der Waals surface area contributed by atoms with E-state index in [0.29, 0.717) is 13.0 Å². The molecule has 2 heterocycles. The fourth-order valence-electron chi connectivity index (χ4n) is 3.21. The van der Waals surface area contributed by atoms with E-state index >= 15 is 0 Å². The Hall–Kier alpha value is -2.53. The number of rotatable bonds is 6. The van der Waals surface area contributed by atoms with Crippen molar-refractivity contribution >= 4 is 17.7 Å². The van der Waals surface area contributed by atoms with E-state index in [1.807, 2.05) is 36.4 Å². The van der Waals surface area contributed by atoms with Crippen molar-refractivity contribution in [3.8, 4) is 11.3 Å². The molecule has 26 heavy (non-hydrogen) atoms. The van der Waals surface area contributed by atoms with Crippen LogP contribution in [0.15, 0.2) is 65.8 Å². The van der Waals surface area contributed by atoms with Crippen LogP contribution < -0.4 is 5.32 Å². The summed E-state index contributed by atoms with van der Waals surface area (Å²) in [6, 6.07) is 20.3. The van der Waals surface area contributed by atoms with Crippen LogP contribution in [0.2, 0.25) is 0 Å². The molecule has 1 aliphatic rings. The molecule has 1 N–H and O–H groups in total. The molecule has 0 saturated carbocycles. The van der Waals surface area contributed by atoms with Crippen molar-refractivity contribution < 1.29 is 4.79 Å². The number of hydrogen-bond acceptors (Lipinski definition) is 3. The molecule has 0 fully saturated rings. The number of carbonyl (C=O) groups excluding carboxylic acids is 1. The molecule has 1 amide bonds. The first kappa shape index (κ1) is 16.9. The highest BCUT2D eigenvalue weighted by Gasteiger charge is 2.22. The van der Waals surface area contributed by atoms with Gasteiger partial charge in [-0.2, -0.15) is 0 Å². The Morgan fingerprint density at radius 1 is 1.08 bits per heavy atom. The van der Waals surface area contributed by atoms with Gasteiger partial charge in [-0.3, -0.25) is 4.79 Å². The predicted octanol–water partition coefficient (Wildman–Crippen LogP) is 3.90. The number of nitrogens with zero attached hydrogens (tertiary/aromatic N) is 2. The molecule has 5 heteroatoms. The largest absolute Gasteiger partial charge is 0.350 e. The number of nitrogens with one attached hydrogen (secondary N) is 1. The number of aromatic nitrogens is 2. The summed E-state index contributed by atoms with van der Waals surface area (Å²) >= 11 is 1.78. The molecule has 1 aromatic heterocycles. The van der Waals surface area contributed by atoms with Gasteiger partial charge in [-0.15, -0.1) is 0 Å². The Bertz CT molecular complexity index is 890. The lowest BCUT2D eigenvalue weighted by Gasteiger charge is -2.10. The predicted molar refractivity (Wildman–Crippen MR) is 105 cm³/mol. The number of carbonyl (C=O) groups is 1. The highest BCUT2D eigenvalue weighted by atomic mass is 32.2. The van der Waals surface area contributed by atoms with Crippen LogP contribution >= 0.6 is 11.8 Å². The quantitative estimate of drug-likeness (QED) is 0.722. The van der Waals surface area contributed by atoms with Crippen LogP contribution in [0, 0.1) is 0 Å². The summed E-state index contributed by atoms with van der Waals surface area (Å²) in [6.45, 7) is 1.47. The molecule has 132 valence electrons. The van der Waals surface area contributed by atoms with E-state index in [4.69, 9.17) is 4.98 Å². The van der Waals surface area contributed by atoms with Gasteiger partial charge in [-0.1, -0.05) is 72.4 Å². The van der Waals surface area contributed by atoms with Crippen LogP contribution in [-0.4, -0.2) is 21.2 Å². The smallest absolute Gasteiger partial charge is 0.220 e. The second-order valence-corrected chi connectivity index (χ2v) is 7.38. The minimum atomic E-state index is 0.0778. The maximum absolute atomic E-state index is 12.3. The fraction of sp³-hybridized carbons (Fsp3) is 0.238. The van der Waals surface area contributed by atoms with Crippen LogP contribution in [0.1, 0.15) is 17.7 Å². The first-order valence-corrected chi connectivity index (χ1v) is 9.88. The van der Waals surface area contributed by atoms with Gasteiger partial charge in [-0.25, -0.2) is 4.98 Å². The standard InChI is InChI=1S/C21H21N3OS/c25-19(12-11-16-7-3-1-4-8-16)22-15-18-20(17-9-5-2-6-10-17)23-21-24(18)13-14-26-21/h1-10H,11-15H2,(H,22,25). The van der Waals surface area contributed by atoms with Crippen molar-refractivity contribution in [3.05, 3.63) is 71.9 Å². The van der Waals surface area contributed by atoms with Gasteiger partial charge in [0, 0.05) is 24.3 Å². The molecule has 0 bridgehead atoms. The minimum Gasteiger partial charge on any atom is -0.350 e. The molecule has 0 spiro atoms. The summed E-state index contributed by atoms with van der Waals surface area (Å²) in [5.74, 6) is 1.13. The second kappa shape index (κ2) is 7.79. The Balaban J connectivity index is 1.45. The van der Waals surface area contributed by atoms with Gasteiger partial charge in [0.1, 0.15) is 0 Å². The third-order valence-electron chi connectivity index (χ3n) is 4.57. The topological polar surface area (TPSA) is 46.9 Å². The van der Waals surface area contributed by atoms with Gasteiger partial charge in [-0.05, 0) is 12.0 Å². The number of benzene rings is 2. The van der Waals surface area contributed by atoms with Crippen molar-refractivity contribution in [1.82, 2.24) is 14.9 Å². The lowest BCUT2D eigenvalue weighted by molar-refractivity contribution is -0.121. The molecule has 0 aliphatic carbocycles. The van der Waals surface area contributed by atoms with Crippen molar-refractivity contribution in [2.45, 2.75) is 31.1 Å². The summed E-state index contributed by atoms with van der Waals surface area (Å²) < 4.78 is 2.24. The monoisotopic (exact) mass is 363 g/mol. The number of fused-ring (bicyclic) bond motifs is 1. The number of thioether (sulfide) groups is 1. The van der Waals surface area contributed by atoms with E-state index in [1.54, 1.807) is 11.8 Å². The van der Waals surface area contributed by atoms with Crippen molar-refractivity contribution in [1.29, 1.82) is 0 Å². The SMILES string of the molecule is O=C(CCc1ccccc1)NCc1c(-c2ccccc2)nc2n1CCS2. The molecule has 4 nitrogen and oxygen atoms in total. The minimum absolute atomic E-state index is 0.0778. The number of imidazole rings is 1. The van der Waals surface area contributed by atoms with E-state index in [0.717, 1.165) is 40.8 Å². The molecule has 0 unspecified atom stereocenters. The third-order valence-corrected chi connectivity index (χ3v) is 5.52. The van der Waals surface area contributed by atoms with E-state index in [9.17, 15) is 4.79 Å². The zero-order valence-electron chi connectivity index (χ0n) is 14.5. The van der Waals surface area contributed by atoms with Gasteiger partial charge in [0.25, 0.3) is 0 Å². The second-order valence-electron chi connectivity index (χ2n) is 6.32. The van der Waals surface area contributed by atoms with E-state index < -0.39 is 0 Å². The Morgan fingerprint density at radius 3 is 2.58 bits per heavy atom. The molecular formula is C21H21N3OS. The van der Waals surface area contributed by atoms with Crippen molar-refractivity contribution in [2.75, 3.05) is 5.75 Å². The normalized spacial score (nSPS) is 12.8. The van der Waals surface area contributed by atoms with Gasteiger partial charge >= 0.3 is 0 Å². The highest BCUT2D eigenvalue weighted by Crippen LogP contribution is 2.33. The van der Waals surface area contributed by atoms with Crippen LogP contribution in [0.5, 0.6) is 0 Å². The zero-order chi connectivity index (χ0) is 17.8. The first-order valence-electron chi connectivity index (χ1n) is 8.89. The zero-order valence-corrected chi connectivity index (χ0v) is 15.3. The van der Waals surface area contributed by atoms with E-state index in [2.05, 4.69) is 34.1 Å². The average molecular weight is 363 g/mol. The first-order chi connectivity index (χ1) is 12.8. The third kappa shape index (κ3) is 3.68. The van der Waals surface area contributed by atoms with Crippen LogP contribution in [-0.2, 0) is 24.3 Å². The summed E-state index contributed by atoms with van der Waals surface area (Å²) in [5, 5.41) is 4.14. The molecule has 0 radical (unpaired) electrons. The van der Waals surface area contributed by atoms with Gasteiger partial charge in [0.05, 0.1) is 17.9 Å². The van der Waals surface area contributed by atoms with E-state index in [-0.39, 0.29) is 5.91 Å². The average Bonchev–Trinajstić information content (AvgIpc) is 3.28. The molecule has 1 aliphatic heterocycles.